The van der Waals surface area contributed by atoms with Crippen LogP contribution in [0.3, 0.4) is 0 Å². The van der Waals surface area contributed by atoms with Crippen molar-refractivity contribution in [2.45, 2.75) is 10.1 Å². The number of hydrogen-bond acceptors (Lipinski definition) is 7. The predicted octanol–water partition coefficient (Wildman–Crippen LogP) is 0.794. The van der Waals surface area contributed by atoms with Crippen LogP contribution in [0, 0.1) is 0 Å². The molecule has 1 aromatic carbocycles. The van der Waals surface area contributed by atoms with Crippen LogP contribution in [0.4, 0.5) is 5.69 Å². The van der Waals surface area contributed by atoms with E-state index in [9.17, 15) is 13.2 Å². The Kier molecular flexibility index (Phi) is 5.80. The van der Waals surface area contributed by atoms with Crippen molar-refractivity contribution in [2.24, 2.45) is 0 Å². The highest BCUT2D eigenvalue weighted by Gasteiger charge is 2.20. The summed E-state index contributed by atoms with van der Waals surface area (Å²) in [4.78, 5) is 16.0. The van der Waals surface area contributed by atoms with Gasteiger partial charge in [-0.2, -0.15) is 5.10 Å². The number of sulfonamides is 1. The van der Waals surface area contributed by atoms with Gasteiger partial charge < -0.3 is 10.1 Å². The summed E-state index contributed by atoms with van der Waals surface area (Å²) >= 11 is 1.17. The van der Waals surface area contributed by atoms with E-state index in [1.54, 1.807) is 0 Å². The van der Waals surface area contributed by atoms with Crippen molar-refractivity contribution in [1.29, 1.82) is 0 Å². The number of ether oxygens (including phenoxy) is 1. The molecule has 9 nitrogen and oxygen atoms in total. The molecule has 0 bridgehead atoms. The molecular formula is C13H17N5O4S2. The Morgan fingerprint density at radius 1 is 1.42 bits per heavy atom. The summed E-state index contributed by atoms with van der Waals surface area (Å²) in [5, 5.41) is 9.48. The van der Waals surface area contributed by atoms with Crippen LogP contribution in [-0.2, 0) is 14.8 Å². The molecular weight excluding hydrogens is 354 g/mol. The normalized spacial score (nSPS) is 11.5. The minimum atomic E-state index is -3.61. The number of hydrogen-bond donors (Lipinski definition) is 2. The molecule has 2 aromatic rings. The molecule has 2 rings (SSSR count). The van der Waals surface area contributed by atoms with E-state index in [0.29, 0.717) is 10.9 Å². The lowest BCUT2D eigenvalue weighted by atomic mass is 10.3. The first-order valence-corrected chi connectivity index (χ1v) is 9.15. The Bertz CT molecular complexity index is 806. The third kappa shape index (κ3) is 4.24. The standard InChI is InChI=1S/C13H17N5O4S2/c1-18(2)24(20,21)9-4-5-11(22-3)10(6-9)16-12(19)7-23-13-14-8-15-17-13/h4-6,8H,7H2,1-3H3,(H,16,19)(H,14,15,17). The Labute approximate surface area is 143 Å². The van der Waals surface area contributed by atoms with Crippen LogP contribution in [-0.4, -0.2) is 60.8 Å². The molecule has 1 amide bonds. The number of H-pyrrole nitrogens is 1. The van der Waals surface area contributed by atoms with E-state index in [-0.39, 0.29) is 22.2 Å². The summed E-state index contributed by atoms with van der Waals surface area (Å²) in [6.07, 6.45) is 1.35. The first-order chi connectivity index (χ1) is 11.3. The van der Waals surface area contributed by atoms with Crippen LogP contribution >= 0.6 is 11.8 Å². The molecule has 24 heavy (non-hydrogen) atoms. The lowest BCUT2D eigenvalue weighted by Gasteiger charge is -2.15. The summed E-state index contributed by atoms with van der Waals surface area (Å²) in [7, 11) is 0.702. The third-order valence-electron chi connectivity index (χ3n) is 2.96. The molecule has 0 saturated heterocycles. The summed E-state index contributed by atoms with van der Waals surface area (Å²) in [6, 6.07) is 4.29. The Morgan fingerprint density at radius 2 is 2.17 bits per heavy atom. The Hall–Kier alpha value is -2.11. The molecule has 0 saturated carbocycles. The smallest absolute Gasteiger partial charge is 0.242 e. The van der Waals surface area contributed by atoms with Crippen LogP contribution in [0.1, 0.15) is 0 Å². The highest BCUT2D eigenvalue weighted by atomic mass is 32.2. The van der Waals surface area contributed by atoms with Gasteiger partial charge in [-0.1, -0.05) is 11.8 Å². The molecule has 1 heterocycles. The SMILES string of the molecule is COc1ccc(S(=O)(=O)N(C)C)cc1NC(=O)CSc1ncn[nH]1. The lowest BCUT2D eigenvalue weighted by molar-refractivity contribution is -0.113. The quantitative estimate of drug-likeness (QED) is 0.691. The van der Waals surface area contributed by atoms with Crippen LogP contribution in [0.5, 0.6) is 5.75 Å². The number of amides is 1. The zero-order chi connectivity index (χ0) is 17.7. The van der Waals surface area contributed by atoms with E-state index < -0.39 is 10.0 Å². The summed E-state index contributed by atoms with van der Waals surface area (Å²) in [6.45, 7) is 0. The molecule has 0 aliphatic carbocycles. The molecule has 0 unspecified atom stereocenters. The van der Waals surface area contributed by atoms with E-state index in [4.69, 9.17) is 4.74 Å². The minimum Gasteiger partial charge on any atom is -0.495 e. The van der Waals surface area contributed by atoms with Gasteiger partial charge in [-0.25, -0.2) is 17.7 Å². The zero-order valence-electron chi connectivity index (χ0n) is 13.3. The van der Waals surface area contributed by atoms with Crippen LogP contribution in [0.15, 0.2) is 34.6 Å². The first kappa shape index (κ1) is 18.2. The minimum absolute atomic E-state index is 0.0616. The maximum absolute atomic E-state index is 12.2. The number of anilines is 1. The number of nitrogens with zero attached hydrogens (tertiary/aromatic N) is 3. The van der Waals surface area contributed by atoms with Crippen molar-refractivity contribution >= 4 is 33.4 Å². The molecule has 0 atom stereocenters. The molecule has 11 heteroatoms. The van der Waals surface area contributed by atoms with E-state index in [2.05, 4.69) is 20.5 Å². The van der Waals surface area contributed by atoms with Gasteiger partial charge in [0.25, 0.3) is 0 Å². The number of thioether (sulfide) groups is 1. The number of carbonyl (C=O) groups excluding carboxylic acids is 1. The maximum atomic E-state index is 12.2. The number of carbonyl (C=O) groups is 1. The fourth-order valence-corrected chi connectivity index (χ4v) is 3.25. The molecule has 0 aliphatic rings. The summed E-state index contributed by atoms with van der Waals surface area (Å²) < 4.78 is 30.7. The van der Waals surface area contributed by atoms with Gasteiger partial charge >= 0.3 is 0 Å². The maximum Gasteiger partial charge on any atom is 0.242 e. The van der Waals surface area contributed by atoms with E-state index in [1.807, 2.05) is 0 Å². The van der Waals surface area contributed by atoms with Crippen molar-refractivity contribution in [3.8, 4) is 5.75 Å². The van der Waals surface area contributed by atoms with Gasteiger partial charge in [0.1, 0.15) is 12.1 Å². The number of benzene rings is 1. The van der Waals surface area contributed by atoms with Gasteiger partial charge in [0.15, 0.2) is 5.16 Å². The molecule has 0 aliphatic heterocycles. The van der Waals surface area contributed by atoms with Crippen molar-refractivity contribution in [3.63, 3.8) is 0 Å². The molecule has 0 spiro atoms. The Balaban J connectivity index is 2.17. The molecule has 0 fully saturated rings. The molecule has 0 radical (unpaired) electrons. The number of rotatable bonds is 7. The third-order valence-corrected chi connectivity index (χ3v) is 5.64. The van der Waals surface area contributed by atoms with Gasteiger partial charge in [0.05, 0.1) is 23.4 Å². The van der Waals surface area contributed by atoms with Crippen molar-refractivity contribution in [1.82, 2.24) is 19.5 Å². The van der Waals surface area contributed by atoms with Gasteiger partial charge in [0.2, 0.25) is 15.9 Å². The zero-order valence-corrected chi connectivity index (χ0v) is 14.9. The van der Waals surface area contributed by atoms with Gasteiger partial charge in [-0.3, -0.25) is 9.89 Å². The number of aromatic nitrogens is 3. The highest BCUT2D eigenvalue weighted by Crippen LogP contribution is 2.28. The largest absolute Gasteiger partial charge is 0.495 e. The highest BCUT2D eigenvalue weighted by molar-refractivity contribution is 7.99. The van der Waals surface area contributed by atoms with Crippen molar-refractivity contribution in [3.05, 3.63) is 24.5 Å². The van der Waals surface area contributed by atoms with Crippen LogP contribution in [0.25, 0.3) is 0 Å². The first-order valence-electron chi connectivity index (χ1n) is 6.73. The second-order valence-electron chi connectivity index (χ2n) is 4.78. The van der Waals surface area contributed by atoms with E-state index in [1.165, 1.54) is 57.5 Å². The monoisotopic (exact) mass is 371 g/mol. The van der Waals surface area contributed by atoms with Gasteiger partial charge in [0, 0.05) is 14.1 Å². The van der Waals surface area contributed by atoms with Crippen LogP contribution < -0.4 is 10.1 Å². The fraction of sp³-hybridized carbons (Fsp3) is 0.308. The number of aromatic amines is 1. The molecule has 2 N–H and O–H groups in total. The van der Waals surface area contributed by atoms with Crippen LogP contribution in [0.2, 0.25) is 0 Å². The average Bonchev–Trinajstić information content (AvgIpc) is 3.06. The summed E-state index contributed by atoms with van der Waals surface area (Å²) in [5.74, 6) is 0.128. The van der Waals surface area contributed by atoms with E-state index in [0.717, 1.165) is 4.31 Å². The van der Waals surface area contributed by atoms with E-state index >= 15 is 0 Å². The molecule has 130 valence electrons. The summed E-state index contributed by atoms with van der Waals surface area (Å²) in [5.41, 5.74) is 0.281. The number of methoxy groups -OCH3 is 1. The average molecular weight is 371 g/mol. The lowest BCUT2D eigenvalue weighted by Crippen LogP contribution is -2.22. The van der Waals surface area contributed by atoms with Gasteiger partial charge in [-0.15, -0.1) is 0 Å². The fourth-order valence-electron chi connectivity index (χ4n) is 1.74. The molecule has 1 aromatic heterocycles. The topological polar surface area (TPSA) is 117 Å². The Morgan fingerprint density at radius 3 is 2.75 bits per heavy atom. The number of nitrogens with one attached hydrogen (secondary N) is 2. The second kappa shape index (κ2) is 7.64. The van der Waals surface area contributed by atoms with Crippen molar-refractivity contribution < 1.29 is 17.9 Å². The second-order valence-corrected chi connectivity index (χ2v) is 7.89. The van der Waals surface area contributed by atoms with Crippen molar-refractivity contribution in [2.75, 3.05) is 32.3 Å². The predicted molar refractivity (Wildman–Crippen MR) is 89.6 cm³/mol. The van der Waals surface area contributed by atoms with Gasteiger partial charge in [-0.05, 0) is 18.2 Å².